The molecule has 0 aliphatic heterocycles. The first kappa shape index (κ1) is 15.3. The van der Waals surface area contributed by atoms with Crippen LogP contribution in [0.1, 0.15) is 20.9 Å². The predicted molar refractivity (Wildman–Crippen MR) is 94.7 cm³/mol. The molecular weight excluding hydrogens is 304 g/mol. The van der Waals surface area contributed by atoms with Gasteiger partial charge in [-0.1, -0.05) is 29.8 Å². The number of benzene rings is 1. The molecule has 0 atom stereocenters. The lowest BCUT2D eigenvalue weighted by Gasteiger charge is -2.08. The highest BCUT2D eigenvalue weighted by molar-refractivity contribution is 7.12. The smallest absolute Gasteiger partial charge is 0.266 e. The topological polar surface area (TPSA) is 56.6 Å². The quantitative estimate of drug-likeness (QED) is 0.752. The summed E-state index contributed by atoms with van der Waals surface area (Å²) >= 11 is 1.67. The first-order valence-corrected chi connectivity index (χ1v) is 8.13. The van der Waals surface area contributed by atoms with Gasteiger partial charge in [-0.15, -0.1) is 11.3 Å². The maximum atomic E-state index is 12.3. The van der Waals surface area contributed by atoms with Crippen LogP contribution in [0.25, 0.3) is 22.4 Å². The number of rotatable bonds is 2. The minimum atomic E-state index is -0.344. The van der Waals surface area contributed by atoms with Crippen LogP contribution in [0.3, 0.4) is 0 Å². The molecule has 0 aliphatic carbocycles. The summed E-state index contributed by atoms with van der Waals surface area (Å²) in [6.07, 6.45) is 0. The molecule has 0 radical (unpaired) electrons. The average Bonchev–Trinajstić information content (AvgIpc) is 2.85. The Kier molecular flexibility index (Phi) is 3.89. The van der Waals surface area contributed by atoms with Gasteiger partial charge in [0.1, 0.15) is 11.6 Å². The Morgan fingerprint density at radius 3 is 2.30 bits per heavy atom. The van der Waals surface area contributed by atoms with Gasteiger partial charge >= 0.3 is 0 Å². The highest BCUT2D eigenvalue weighted by atomic mass is 32.1. The van der Waals surface area contributed by atoms with Gasteiger partial charge in [-0.3, -0.25) is 4.79 Å². The molecular formula is C19H16N2OS. The van der Waals surface area contributed by atoms with Crippen LogP contribution in [0.5, 0.6) is 0 Å². The van der Waals surface area contributed by atoms with E-state index in [1.54, 1.807) is 11.3 Å². The zero-order valence-corrected chi connectivity index (χ0v) is 14.0. The van der Waals surface area contributed by atoms with E-state index >= 15 is 0 Å². The number of aryl methyl sites for hydroxylation is 3. The molecule has 0 amide bonds. The van der Waals surface area contributed by atoms with E-state index in [9.17, 15) is 10.1 Å². The van der Waals surface area contributed by atoms with Crippen molar-refractivity contribution in [2.45, 2.75) is 20.8 Å². The summed E-state index contributed by atoms with van der Waals surface area (Å²) in [4.78, 5) is 17.4. The third-order valence-corrected chi connectivity index (χ3v) is 4.80. The standard InChI is InChI=1S/C19H16N2OS/c1-11-4-6-14(7-5-11)18-9-16(17(10-20)19(22)21-18)15-8-12(2)23-13(15)3/h4-9H,1-3H3,(H,21,22). The minimum absolute atomic E-state index is 0.168. The van der Waals surface area contributed by atoms with Gasteiger partial charge in [-0.25, -0.2) is 0 Å². The summed E-state index contributed by atoms with van der Waals surface area (Å²) in [6.45, 7) is 6.07. The molecule has 4 heteroatoms. The zero-order valence-electron chi connectivity index (χ0n) is 13.2. The number of nitriles is 1. The van der Waals surface area contributed by atoms with Crippen LogP contribution in [0.4, 0.5) is 0 Å². The van der Waals surface area contributed by atoms with Gasteiger partial charge in [0.2, 0.25) is 0 Å². The maximum absolute atomic E-state index is 12.3. The van der Waals surface area contributed by atoms with Crippen LogP contribution in [0.15, 0.2) is 41.2 Å². The molecule has 1 aromatic carbocycles. The highest BCUT2D eigenvalue weighted by Gasteiger charge is 2.15. The fourth-order valence-corrected chi connectivity index (χ4v) is 3.61. The molecule has 3 rings (SSSR count). The lowest BCUT2D eigenvalue weighted by molar-refractivity contribution is 1.22. The van der Waals surface area contributed by atoms with Crippen LogP contribution < -0.4 is 5.56 Å². The third-order valence-electron chi connectivity index (χ3n) is 3.84. The van der Waals surface area contributed by atoms with E-state index in [0.717, 1.165) is 27.3 Å². The fourth-order valence-electron chi connectivity index (χ4n) is 2.67. The molecule has 0 bridgehead atoms. The lowest BCUT2D eigenvalue weighted by Crippen LogP contribution is -2.12. The van der Waals surface area contributed by atoms with E-state index < -0.39 is 0 Å². The largest absolute Gasteiger partial charge is 0.321 e. The number of hydrogen-bond acceptors (Lipinski definition) is 3. The molecule has 114 valence electrons. The van der Waals surface area contributed by atoms with E-state index in [-0.39, 0.29) is 11.1 Å². The van der Waals surface area contributed by atoms with Gasteiger partial charge in [0, 0.05) is 21.0 Å². The van der Waals surface area contributed by atoms with Crippen molar-refractivity contribution in [1.82, 2.24) is 4.98 Å². The van der Waals surface area contributed by atoms with Gasteiger partial charge in [0.05, 0.1) is 0 Å². The summed E-state index contributed by atoms with van der Waals surface area (Å²) in [6, 6.07) is 13.9. The average molecular weight is 320 g/mol. The van der Waals surface area contributed by atoms with E-state index in [1.165, 1.54) is 4.88 Å². The van der Waals surface area contributed by atoms with E-state index in [1.807, 2.05) is 63.2 Å². The van der Waals surface area contributed by atoms with Crippen molar-refractivity contribution in [3.63, 3.8) is 0 Å². The molecule has 3 aromatic rings. The van der Waals surface area contributed by atoms with Crippen molar-refractivity contribution < 1.29 is 0 Å². The van der Waals surface area contributed by atoms with Crippen molar-refractivity contribution in [3.8, 4) is 28.5 Å². The molecule has 0 saturated carbocycles. The monoisotopic (exact) mass is 320 g/mol. The summed E-state index contributed by atoms with van der Waals surface area (Å²) in [5, 5.41) is 9.39. The Morgan fingerprint density at radius 1 is 1.04 bits per heavy atom. The highest BCUT2D eigenvalue weighted by Crippen LogP contribution is 2.33. The number of aromatic amines is 1. The molecule has 0 saturated heterocycles. The normalized spacial score (nSPS) is 10.5. The summed E-state index contributed by atoms with van der Waals surface area (Å²) in [7, 11) is 0. The van der Waals surface area contributed by atoms with Gasteiger partial charge in [-0.2, -0.15) is 5.26 Å². The molecule has 0 aliphatic rings. The van der Waals surface area contributed by atoms with Crippen LogP contribution in [-0.4, -0.2) is 4.98 Å². The molecule has 0 fully saturated rings. The van der Waals surface area contributed by atoms with Gasteiger partial charge in [-0.05, 0) is 44.0 Å². The summed E-state index contributed by atoms with van der Waals surface area (Å²) < 4.78 is 0. The van der Waals surface area contributed by atoms with Crippen molar-refractivity contribution in [1.29, 1.82) is 5.26 Å². The SMILES string of the molecule is Cc1ccc(-c2cc(-c3cc(C)sc3C)c(C#N)c(=O)[nH]2)cc1. The second-order valence-electron chi connectivity index (χ2n) is 5.61. The van der Waals surface area contributed by atoms with Crippen LogP contribution in [0.2, 0.25) is 0 Å². The summed E-state index contributed by atoms with van der Waals surface area (Å²) in [5.41, 5.74) is 4.31. The number of thiophene rings is 1. The van der Waals surface area contributed by atoms with Gasteiger partial charge in [0.25, 0.3) is 5.56 Å². The predicted octanol–water partition coefficient (Wildman–Crippen LogP) is 4.57. The number of nitrogens with one attached hydrogen (secondary N) is 1. The first-order chi connectivity index (χ1) is 11.0. The second-order valence-corrected chi connectivity index (χ2v) is 7.07. The van der Waals surface area contributed by atoms with Crippen molar-refractivity contribution in [3.05, 3.63) is 67.6 Å². The van der Waals surface area contributed by atoms with Crippen LogP contribution >= 0.6 is 11.3 Å². The Balaban J connectivity index is 2.27. The molecule has 0 unspecified atom stereocenters. The second kappa shape index (κ2) is 5.86. The van der Waals surface area contributed by atoms with Crippen LogP contribution in [-0.2, 0) is 0 Å². The first-order valence-electron chi connectivity index (χ1n) is 7.31. The van der Waals surface area contributed by atoms with Gasteiger partial charge < -0.3 is 4.98 Å². The zero-order chi connectivity index (χ0) is 16.6. The number of nitrogens with zero attached hydrogens (tertiary/aromatic N) is 1. The molecule has 2 aromatic heterocycles. The van der Waals surface area contributed by atoms with Crippen LogP contribution in [0, 0.1) is 32.1 Å². The third kappa shape index (κ3) is 2.84. The Labute approximate surface area is 138 Å². The number of H-pyrrole nitrogens is 1. The van der Waals surface area contributed by atoms with E-state index in [4.69, 9.17) is 0 Å². The van der Waals surface area contributed by atoms with Crippen molar-refractivity contribution in [2.75, 3.05) is 0 Å². The summed E-state index contributed by atoms with van der Waals surface area (Å²) in [5.74, 6) is 0. The lowest BCUT2D eigenvalue weighted by atomic mass is 9.99. The number of pyridine rings is 1. The molecule has 23 heavy (non-hydrogen) atoms. The minimum Gasteiger partial charge on any atom is -0.321 e. The Hall–Kier alpha value is -2.64. The van der Waals surface area contributed by atoms with Crippen molar-refractivity contribution in [2.24, 2.45) is 0 Å². The Bertz CT molecular complexity index is 972. The number of aromatic nitrogens is 1. The van der Waals surface area contributed by atoms with E-state index in [2.05, 4.69) is 4.98 Å². The molecule has 3 nitrogen and oxygen atoms in total. The van der Waals surface area contributed by atoms with Crippen molar-refractivity contribution >= 4 is 11.3 Å². The number of hydrogen-bond donors (Lipinski definition) is 1. The molecule has 1 N–H and O–H groups in total. The van der Waals surface area contributed by atoms with E-state index in [0.29, 0.717) is 5.56 Å². The van der Waals surface area contributed by atoms with Gasteiger partial charge in [0.15, 0.2) is 0 Å². The Morgan fingerprint density at radius 2 is 1.74 bits per heavy atom. The maximum Gasteiger partial charge on any atom is 0.266 e. The fraction of sp³-hybridized carbons (Fsp3) is 0.158. The molecule has 2 heterocycles. The molecule has 0 spiro atoms.